The molecule has 0 bridgehead atoms. The summed E-state index contributed by atoms with van der Waals surface area (Å²) in [4.78, 5) is 16.0. The van der Waals surface area contributed by atoms with Gasteiger partial charge in [-0.1, -0.05) is 0 Å². The van der Waals surface area contributed by atoms with Crippen LogP contribution in [-0.2, 0) is 0 Å². The summed E-state index contributed by atoms with van der Waals surface area (Å²) in [5, 5.41) is 0.773. The van der Waals surface area contributed by atoms with Crippen LogP contribution in [0.5, 0.6) is 0 Å². The molecule has 0 amide bonds. The second-order valence-electron chi connectivity index (χ2n) is 4.49. The molecule has 1 saturated heterocycles. The van der Waals surface area contributed by atoms with Gasteiger partial charge in [0, 0.05) is 43.9 Å². The maximum Gasteiger partial charge on any atom is 0.280 e. The van der Waals surface area contributed by atoms with Crippen LogP contribution in [0, 0.1) is 0 Å². The highest BCUT2D eigenvalue weighted by Gasteiger charge is 2.22. The number of piperazine rings is 1. The van der Waals surface area contributed by atoms with Gasteiger partial charge >= 0.3 is 0 Å². The largest absolute Gasteiger partial charge is 0.367 e. The van der Waals surface area contributed by atoms with Gasteiger partial charge in [0.1, 0.15) is 5.69 Å². The van der Waals surface area contributed by atoms with Crippen molar-refractivity contribution >= 4 is 28.6 Å². The number of alkyl halides is 2. The third-order valence-electron chi connectivity index (χ3n) is 3.15. The molecule has 0 atom stereocenters. The molecule has 1 aliphatic heterocycles. The summed E-state index contributed by atoms with van der Waals surface area (Å²) in [6, 6.07) is 1.23. The van der Waals surface area contributed by atoms with Gasteiger partial charge in [-0.25, -0.2) is 18.7 Å². The lowest BCUT2D eigenvalue weighted by atomic mass is 10.3. The minimum absolute atomic E-state index is 0.251. The first-order valence-electron chi connectivity index (χ1n) is 6.33. The second kappa shape index (κ2) is 5.72. The molecule has 2 aromatic rings. The fourth-order valence-electron chi connectivity index (χ4n) is 2.09. The van der Waals surface area contributed by atoms with Gasteiger partial charge in [-0.05, 0) is 6.07 Å². The van der Waals surface area contributed by atoms with Gasteiger partial charge in [0.05, 0.1) is 0 Å². The number of halogens is 2. The summed E-state index contributed by atoms with van der Waals surface area (Å²) < 4.78 is 29.3. The van der Waals surface area contributed by atoms with Crippen molar-refractivity contribution in [2.24, 2.45) is 0 Å². The molecule has 0 aliphatic carbocycles. The van der Waals surface area contributed by atoms with E-state index in [-0.39, 0.29) is 11.6 Å². The Labute approximate surface area is 123 Å². The molecule has 1 fully saturated rings. The van der Waals surface area contributed by atoms with Crippen LogP contribution in [0.3, 0.4) is 0 Å². The highest BCUT2D eigenvalue weighted by atomic mass is 32.1. The quantitative estimate of drug-likeness (QED) is 0.910. The molecule has 3 rings (SSSR count). The summed E-state index contributed by atoms with van der Waals surface area (Å²) in [6.45, 7) is 2.64. The van der Waals surface area contributed by atoms with Crippen LogP contribution in [0.15, 0.2) is 12.3 Å². The normalized spacial score (nSPS) is 15.8. The molecule has 7 nitrogen and oxygen atoms in total. The minimum atomic E-state index is -2.59. The molecule has 10 heteroatoms. The zero-order chi connectivity index (χ0) is 14.8. The Kier molecular flexibility index (Phi) is 3.78. The molecule has 1 aliphatic rings. The van der Waals surface area contributed by atoms with E-state index in [1.807, 2.05) is 4.90 Å². The Bertz CT molecular complexity index is 612. The molecule has 0 saturated carbocycles. The molecule has 0 spiro atoms. The third-order valence-corrected chi connectivity index (χ3v) is 3.94. The summed E-state index contributed by atoms with van der Waals surface area (Å²) in [5.74, 6) is 0.606. The Balaban J connectivity index is 1.67. The molecular formula is C11H13F2N7S. The van der Waals surface area contributed by atoms with E-state index in [9.17, 15) is 8.78 Å². The van der Waals surface area contributed by atoms with Crippen LogP contribution in [0.4, 0.5) is 25.8 Å². The fourth-order valence-corrected chi connectivity index (χ4v) is 2.74. The molecular weight excluding hydrogens is 300 g/mol. The van der Waals surface area contributed by atoms with E-state index < -0.39 is 6.43 Å². The Morgan fingerprint density at radius 2 is 1.86 bits per heavy atom. The minimum Gasteiger partial charge on any atom is -0.367 e. The van der Waals surface area contributed by atoms with Crippen molar-refractivity contribution in [3.63, 3.8) is 0 Å². The predicted molar refractivity (Wildman–Crippen MR) is 75.7 cm³/mol. The lowest BCUT2D eigenvalue weighted by Crippen LogP contribution is -2.47. The van der Waals surface area contributed by atoms with E-state index in [2.05, 4.69) is 24.2 Å². The van der Waals surface area contributed by atoms with Crippen LogP contribution in [0.2, 0.25) is 0 Å². The van der Waals surface area contributed by atoms with Crippen molar-refractivity contribution in [2.45, 2.75) is 6.43 Å². The van der Waals surface area contributed by atoms with Gasteiger partial charge in [0.15, 0.2) is 0 Å². The lowest BCUT2D eigenvalue weighted by Gasteiger charge is -2.34. The fraction of sp³-hybridized carbons (Fsp3) is 0.455. The van der Waals surface area contributed by atoms with Crippen LogP contribution in [-0.4, -0.2) is 45.5 Å². The van der Waals surface area contributed by atoms with Crippen molar-refractivity contribution in [3.8, 4) is 0 Å². The van der Waals surface area contributed by atoms with Crippen molar-refractivity contribution in [1.82, 2.24) is 19.3 Å². The molecule has 0 radical (unpaired) electrons. The number of hydrogen-bond donors (Lipinski definition) is 1. The van der Waals surface area contributed by atoms with Crippen LogP contribution >= 0.6 is 11.5 Å². The Morgan fingerprint density at radius 3 is 2.48 bits per heavy atom. The summed E-state index contributed by atoms with van der Waals surface area (Å²) in [5.41, 5.74) is 5.26. The molecule has 0 unspecified atom stereocenters. The monoisotopic (exact) mass is 313 g/mol. The maximum atomic E-state index is 12.7. The Hall–Kier alpha value is -2.10. The lowest BCUT2D eigenvalue weighted by molar-refractivity contribution is 0.146. The summed E-state index contributed by atoms with van der Waals surface area (Å²) >= 11 is 1.25. The topological polar surface area (TPSA) is 84.1 Å². The number of anilines is 3. The molecule has 0 aromatic carbocycles. The zero-order valence-electron chi connectivity index (χ0n) is 11.0. The second-order valence-corrected chi connectivity index (χ2v) is 5.22. The van der Waals surface area contributed by atoms with Crippen molar-refractivity contribution in [1.29, 1.82) is 0 Å². The van der Waals surface area contributed by atoms with E-state index >= 15 is 0 Å². The van der Waals surface area contributed by atoms with E-state index in [0.29, 0.717) is 32.1 Å². The zero-order valence-corrected chi connectivity index (χ0v) is 11.8. The Morgan fingerprint density at radius 1 is 1.14 bits per heavy atom. The highest BCUT2D eigenvalue weighted by Crippen LogP contribution is 2.22. The van der Waals surface area contributed by atoms with Crippen molar-refractivity contribution < 1.29 is 8.78 Å². The molecule has 112 valence electrons. The SMILES string of the molecule is Nc1nsc(N2CCN(c3nccc(C(F)F)n3)CC2)n1. The molecule has 21 heavy (non-hydrogen) atoms. The average Bonchev–Trinajstić information content (AvgIpc) is 2.94. The summed E-state index contributed by atoms with van der Waals surface area (Å²) in [7, 11) is 0. The van der Waals surface area contributed by atoms with Gasteiger partial charge < -0.3 is 15.5 Å². The number of rotatable bonds is 3. The first-order valence-corrected chi connectivity index (χ1v) is 7.11. The van der Waals surface area contributed by atoms with Gasteiger partial charge in [-0.3, -0.25) is 0 Å². The van der Waals surface area contributed by atoms with Gasteiger partial charge in [0.2, 0.25) is 17.0 Å². The first-order chi connectivity index (χ1) is 10.1. The summed E-state index contributed by atoms with van der Waals surface area (Å²) in [6.07, 6.45) is -1.22. The smallest absolute Gasteiger partial charge is 0.280 e. The number of aromatic nitrogens is 4. The predicted octanol–water partition coefficient (Wildman–Crippen LogP) is 1.17. The number of nitrogens with zero attached hydrogens (tertiary/aromatic N) is 6. The standard InChI is InChI=1S/C11H13F2N7S/c12-8(13)7-1-2-15-10(16-7)19-3-5-20(6-4-19)11-17-9(14)18-21-11/h1-2,8H,3-6H2,(H2,14,18). The first kappa shape index (κ1) is 13.9. The number of nitrogens with two attached hydrogens (primary N) is 1. The molecule has 3 heterocycles. The van der Waals surface area contributed by atoms with E-state index in [0.717, 1.165) is 5.13 Å². The van der Waals surface area contributed by atoms with Gasteiger partial charge in [-0.15, -0.1) is 0 Å². The third kappa shape index (κ3) is 2.99. The average molecular weight is 313 g/mol. The van der Waals surface area contributed by atoms with Gasteiger partial charge in [0.25, 0.3) is 6.43 Å². The number of hydrogen-bond acceptors (Lipinski definition) is 8. The van der Waals surface area contributed by atoms with E-state index in [4.69, 9.17) is 5.73 Å². The van der Waals surface area contributed by atoms with E-state index in [1.54, 1.807) is 0 Å². The van der Waals surface area contributed by atoms with Crippen molar-refractivity contribution in [3.05, 3.63) is 18.0 Å². The highest BCUT2D eigenvalue weighted by molar-refractivity contribution is 7.09. The molecule has 2 aromatic heterocycles. The van der Waals surface area contributed by atoms with Crippen LogP contribution < -0.4 is 15.5 Å². The van der Waals surface area contributed by atoms with Crippen LogP contribution in [0.1, 0.15) is 12.1 Å². The van der Waals surface area contributed by atoms with Crippen molar-refractivity contribution in [2.75, 3.05) is 41.7 Å². The van der Waals surface area contributed by atoms with E-state index in [1.165, 1.54) is 23.8 Å². The molecule has 2 N–H and O–H groups in total. The van der Waals surface area contributed by atoms with Gasteiger partial charge in [-0.2, -0.15) is 9.36 Å². The van der Waals surface area contributed by atoms with Crippen LogP contribution in [0.25, 0.3) is 0 Å². The maximum absolute atomic E-state index is 12.7. The number of nitrogen functional groups attached to an aromatic ring is 1.